The molecule has 5 rings (SSSR count). The fourth-order valence-electron chi connectivity index (χ4n) is 3.75. The van der Waals surface area contributed by atoms with Crippen molar-refractivity contribution in [2.75, 3.05) is 12.4 Å². The minimum Gasteiger partial charge on any atom is -0.497 e. The molecule has 5 aromatic rings. The van der Waals surface area contributed by atoms with Gasteiger partial charge in [-0.1, -0.05) is 18.2 Å². The van der Waals surface area contributed by atoms with E-state index in [-0.39, 0.29) is 11.5 Å². The Morgan fingerprint density at radius 2 is 1.78 bits per heavy atom. The summed E-state index contributed by atoms with van der Waals surface area (Å²) in [5.41, 5.74) is 1.51. The van der Waals surface area contributed by atoms with Crippen molar-refractivity contribution in [3.8, 4) is 17.3 Å². The monoisotopic (exact) mass is 569 g/mol. The lowest BCUT2D eigenvalue weighted by atomic mass is 10.2. The van der Waals surface area contributed by atoms with Gasteiger partial charge in [-0.3, -0.25) is 0 Å². The van der Waals surface area contributed by atoms with Crippen LogP contribution in [0.15, 0.2) is 65.4 Å². The van der Waals surface area contributed by atoms with Gasteiger partial charge in [0.15, 0.2) is 22.8 Å². The van der Waals surface area contributed by atoms with Crippen molar-refractivity contribution in [1.29, 1.82) is 0 Å². The molecule has 0 unspecified atom stereocenters. The maximum Gasteiger partial charge on any atom is 0.433 e. The summed E-state index contributed by atoms with van der Waals surface area (Å²) >= 11 is 3.34. The largest absolute Gasteiger partial charge is 0.497 e. The normalized spacial score (nSPS) is 11.6. The van der Waals surface area contributed by atoms with Gasteiger partial charge in [0.1, 0.15) is 27.6 Å². The van der Waals surface area contributed by atoms with Crippen LogP contribution in [0.4, 0.5) is 24.7 Å². The van der Waals surface area contributed by atoms with Crippen LogP contribution in [-0.2, 0) is 12.7 Å². The van der Waals surface area contributed by atoms with Gasteiger partial charge >= 0.3 is 6.18 Å². The number of halogens is 4. The number of benzene rings is 1. The number of imidazole rings is 1. The van der Waals surface area contributed by atoms with Crippen LogP contribution >= 0.6 is 15.9 Å². The number of hydrogen-bond acceptors (Lipinski definition) is 7. The van der Waals surface area contributed by atoms with Gasteiger partial charge in [-0.2, -0.15) is 13.2 Å². The Morgan fingerprint density at radius 1 is 1.00 bits per heavy atom. The first-order valence-corrected chi connectivity index (χ1v) is 11.8. The number of ether oxygens (including phenoxy) is 1. The molecule has 0 bridgehead atoms. The summed E-state index contributed by atoms with van der Waals surface area (Å²) in [6, 6.07) is 14.7. The number of methoxy groups -OCH3 is 1. The number of rotatable bonds is 6. The molecule has 1 aromatic carbocycles. The predicted molar refractivity (Wildman–Crippen MR) is 136 cm³/mol. The van der Waals surface area contributed by atoms with Gasteiger partial charge in [-0.05, 0) is 64.8 Å². The van der Waals surface area contributed by atoms with E-state index in [1.807, 2.05) is 35.8 Å². The molecule has 188 valence electrons. The highest BCUT2D eigenvalue weighted by Gasteiger charge is 2.33. The molecule has 0 fully saturated rings. The Balaban J connectivity index is 1.66. The van der Waals surface area contributed by atoms with Crippen LogP contribution < -0.4 is 10.1 Å². The maximum atomic E-state index is 13.4. The number of nitrogens with zero attached hydrogens (tertiary/aromatic N) is 6. The zero-order chi connectivity index (χ0) is 26.2. The van der Waals surface area contributed by atoms with Crippen molar-refractivity contribution in [2.24, 2.45) is 0 Å². The van der Waals surface area contributed by atoms with E-state index in [0.29, 0.717) is 39.6 Å². The molecule has 0 radical (unpaired) electrons. The number of anilines is 2. The third-order valence-corrected chi connectivity index (χ3v) is 5.98. The first-order valence-electron chi connectivity index (χ1n) is 11.0. The lowest BCUT2D eigenvalue weighted by molar-refractivity contribution is -0.141. The van der Waals surface area contributed by atoms with E-state index in [4.69, 9.17) is 4.74 Å². The summed E-state index contributed by atoms with van der Waals surface area (Å²) in [5.74, 6) is 1.75. The molecule has 0 aliphatic heterocycles. The fourth-order valence-corrected chi connectivity index (χ4v) is 4.11. The van der Waals surface area contributed by atoms with Crippen molar-refractivity contribution in [2.45, 2.75) is 19.6 Å². The van der Waals surface area contributed by atoms with Gasteiger partial charge in [0.2, 0.25) is 0 Å². The first-order chi connectivity index (χ1) is 17.7. The lowest BCUT2D eigenvalue weighted by Gasteiger charge is -2.11. The van der Waals surface area contributed by atoms with E-state index >= 15 is 0 Å². The lowest BCUT2D eigenvalue weighted by Crippen LogP contribution is -2.09. The van der Waals surface area contributed by atoms with E-state index in [1.54, 1.807) is 25.4 Å². The molecular formula is C25H19BrF3N7O. The minimum atomic E-state index is -4.60. The number of pyridine rings is 2. The summed E-state index contributed by atoms with van der Waals surface area (Å²) in [6.07, 6.45) is -3.00. The second-order valence-electron chi connectivity index (χ2n) is 8.06. The average Bonchev–Trinajstić information content (AvgIpc) is 3.19. The van der Waals surface area contributed by atoms with Gasteiger partial charge in [0, 0.05) is 11.9 Å². The van der Waals surface area contributed by atoms with E-state index in [9.17, 15) is 13.2 Å². The molecule has 0 aliphatic rings. The van der Waals surface area contributed by atoms with Gasteiger partial charge in [0.25, 0.3) is 0 Å². The Hall–Kier alpha value is -4.06. The van der Waals surface area contributed by atoms with Crippen molar-refractivity contribution in [3.63, 3.8) is 0 Å². The summed E-state index contributed by atoms with van der Waals surface area (Å²) in [4.78, 5) is 21.7. The molecule has 0 saturated heterocycles. The van der Waals surface area contributed by atoms with Crippen LogP contribution in [-0.4, -0.2) is 36.6 Å². The molecular weight excluding hydrogens is 551 g/mol. The topological polar surface area (TPSA) is 90.6 Å². The summed E-state index contributed by atoms with van der Waals surface area (Å²) in [6.45, 7) is 2.26. The molecule has 12 heteroatoms. The average molecular weight is 570 g/mol. The van der Waals surface area contributed by atoms with Crippen LogP contribution in [0, 0.1) is 6.92 Å². The highest BCUT2D eigenvalue weighted by Crippen LogP contribution is 2.31. The molecule has 0 amide bonds. The van der Waals surface area contributed by atoms with Crippen molar-refractivity contribution in [3.05, 3.63) is 82.5 Å². The molecule has 4 aromatic heterocycles. The Labute approximate surface area is 217 Å². The zero-order valence-electron chi connectivity index (χ0n) is 19.6. The summed E-state index contributed by atoms with van der Waals surface area (Å²) in [7, 11) is 1.60. The van der Waals surface area contributed by atoms with Gasteiger partial charge in [-0.25, -0.2) is 24.9 Å². The second kappa shape index (κ2) is 9.77. The third-order valence-electron chi connectivity index (χ3n) is 5.54. The second-order valence-corrected chi connectivity index (χ2v) is 8.87. The van der Waals surface area contributed by atoms with Crippen LogP contribution in [0.25, 0.3) is 22.7 Å². The van der Waals surface area contributed by atoms with Gasteiger partial charge in [-0.15, -0.1) is 0 Å². The minimum absolute atomic E-state index is 0.00876. The van der Waals surface area contributed by atoms with E-state index in [0.717, 1.165) is 17.4 Å². The number of aryl methyl sites for hydroxylation is 1. The molecule has 8 nitrogen and oxygen atoms in total. The van der Waals surface area contributed by atoms with Gasteiger partial charge in [0.05, 0.1) is 13.7 Å². The third kappa shape index (κ3) is 5.24. The van der Waals surface area contributed by atoms with E-state index in [1.165, 1.54) is 12.1 Å². The fraction of sp³-hybridized carbons (Fsp3) is 0.160. The quantitative estimate of drug-likeness (QED) is 0.244. The number of aromatic nitrogens is 6. The Kier molecular flexibility index (Phi) is 6.50. The number of hydrogen-bond donors (Lipinski definition) is 1. The number of alkyl halides is 3. The molecule has 1 N–H and O–H groups in total. The Bertz CT molecular complexity index is 1590. The molecule has 0 saturated carbocycles. The molecule has 37 heavy (non-hydrogen) atoms. The standard InChI is InChI=1S/C25H19BrF3N7O/c1-14-31-21-23(32-16-10-11-30-20(26)12-16)34-22(18-4-3-5-19(33-18)25(27,28)29)35-24(21)36(14)13-15-6-8-17(37-2)9-7-15/h3-12H,13H2,1-2H3,(H,30,32,34,35). The smallest absolute Gasteiger partial charge is 0.433 e. The maximum absolute atomic E-state index is 13.4. The summed E-state index contributed by atoms with van der Waals surface area (Å²) < 4.78 is 47.8. The molecule has 0 atom stereocenters. The summed E-state index contributed by atoms with van der Waals surface area (Å²) in [5, 5.41) is 3.20. The van der Waals surface area contributed by atoms with Crippen molar-refractivity contribution in [1.82, 2.24) is 29.5 Å². The van der Waals surface area contributed by atoms with Crippen molar-refractivity contribution < 1.29 is 17.9 Å². The SMILES string of the molecule is COc1ccc(Cn2c(C)nc3c(Nc4ccnc(Br)c4)nc(-c4cccc(C(F)(F)F)n4)nc32)cc1. The van der Waals surface area contributed by atoms with Gasteiger partial charge < -0.3 is 14.6 Å². The number of nitrogens with one attached hydrogen (secondary N) is 1. The van der Waals surface area contributed by atoms with Crippen LogP contribution in [0.3, 0.4) is 0 Å². The van der Waals surface area contributed by atoms with Crippen LogP contribution in [0.5, 0.6) is 5.75 Å². The first kappa shape index (κ1) is 24.6. The number of fused-ring (bicyclic) bond motifs is 1. The molecule has 4 heterocycles. The Morgan fingerprint density at radius 3 is 2.49 bits per heavy atom. The zero-order valence-corrected chi connectivity index (χ0v) is 21.2. The van der Waals surface area contributed by atoms with Crippen LogP contribution in [0.2, 0.25) is 0 Å². The van der Waals surface area contributed by atoms with E-state index in [2.05, 4.69) is 46.2 Å². The molecule has 0 spiro atoms. The highest BCUT2D eigenvalue weighted by atomic mass is 79.9. The molecule has 0 aliphatic carbocycles. The predicted octanol–water partition coefficient (Wildman–Crippen LogP) is 6.17. The van der Waals surface area contributed by atoms with Crippen molar-refractivity contribution >= 4 is 38.6 Å². The highest BCUT2D eigenvalue weighted by molar-refractivity contribution is 9.10. The van der Waals surface area contributed by atoms with E-state index < -0.39 is 11.9 Å². The van der Waals surface area contributed by atoms with Crippen LogP contribution in [0.1, 0.15) is 17.1 Å².